The Hall–Kier alpha value is -2.48. The predicted octanol–water partition coefficient (Wildman–Crippen LogP) is 2.66. The molecule has 0 aromatic heterocycles. The van der Waals surface area contributed by atoms with Crippen LogP contribution in [-0.4, -0.2) is 49.8 Å². The fraction of sp³-hybridized carbons (Fsp3) is 0.300. The first-order valence-electron chi connectivity index (χ1n) is 8.62. The Balaban J connectivity index is 1.80. The Kier molecular flexibility index (Phi) is 8.70. The zero-order valence-electron chi connectivity index (χ0n) is 15.6. The molecular formula is C20H25N3O3S. The summed E-state index contributed by atoms with van der Waals surface area (Å²) in [6, 6.07) is 17.4. The van der Waals surface area contributed by atoms with Crippen molar-refractivity contribution in [3.05, 3.63) is 60.2 Å². The van der Waals surface area contributed by atoms with E-state index in [0.717, 1.165) is 17.0 Å². The minimum atomic E-state index is -0.178. The highest BCUT2D eigenvalue weighted by Gasteiger charge is 2.08. The molecule has 6 nitrogen and oxygen atoms in total. The Morgan fingerprint density at radius 3 is 2.67 bits per heavy atom. The van der Waals surface area contributed by atoms with Crippen LogP contribution in [0.25, 0.3) is 0 Å². The van der Waals surface area contributed by atoms with Crippen molar-refractivity contribution in [2.24, 2.45) is 0 Å². The molecule has 0 unspecified atom stereocenters. The van der Waals surface area contributed by atoms with Gasteiger partial charge in [-0.2, -0.15) is 0 Å². The summed E-state index contributed by atoms with van der Waals surface area (Å²) in [4.78, 5) is 13.9. The summed E-state index contributed by atoms with van der Waals surface area (Å²) >= 11 is 5.21. The second-order valence-electron chi connectivity index (χ2n) is 6.03. The SMILES string of the molecule is COCCN(C)CC(=O)NC(=S)Nc1cccc(OCc2ccccc2)c1. The van der Waals surface area contributed by atoms with Gasteiger partial charge in [-0.1, -0.05) is 36.4 Å². The van der Waals surface area contributed by atoms with Crippen molar-refractivity contribution < 1.29 is 14.3 Å². The smallest absolute Gasteiger partial charge is 0.240 e. The number of hydrogen-bond donors (Lipinski definition) is 2. The first-order chi connectivity index (χ1) is 13.1. The van der Waals surface area contributed by atoms with Crippen molar-refractivity contribution in [3.63, 3.8) is 0 Å². The molecule has 0 aliphatic carbocycles. The number of amides is 1. The molecule has 0 atom stereocenters. The number of carbonyl (C=O) groups is 1. The normalized spacial score (nSPS) is 10.5. The minimum Gasteiger partial charge on any atom is -0.489 e. The van der Waals surface area contributed by atoms with Gasteiger partial charge in [0.2, 0.25) is 5.91 Å². The largest absolute Gasteiger partial charge is 0.489 e. The van der Waals surface area contributed by atoms with Crippen molar-refractivity contribution in [1.29, 1.82) is 0 Å². The van der Waals surface area contributed by atoms with Crippen LogP contribution >= 0.6 is 12.2 Å². The van der Waals surface area contributed by atoms with Crippen LogP contribution in [0.5, 0.6) is 5.75 Å². The van der Waals surface area contributed by atoms with E-state index in [2.05, 4.69) is 10.6 Å². The summed E-state index contributed by atoms with van der Waals surface area (Å²) in [6.07, 6.45) is 0. The number of thiocarbonyl (C=S) groups is 1. The fourth-order valence-electron chi connectivity index (χ4n) is 2.30. The van der Waals surface area contributed by atoms with Crippen LogP contribution < -0.4 is 15.4 Å². The van der Waals surface area contributed by atoms with E-state index in [1.165, 1.54) is 0 Å². The molecule has 2 aromatic carbocycles. The molecule has 0 spiro atoms. The molecule has 7 heteroatoms. The van der Waals surface area contributed by atoms with Gasteiger partial charge in [-0.3, -0.25) is 9.69 Å². The predicted molar refractivity (Wildman–Crippen MR) is 111 cm³/mol. The molecule has 2 rings (SSSR count). The zero-order chi connectivity index (χ0) is 19.5. The van der Waals surface area contributed by atoms with E-state index in [1.54, 1.807) is 7.11 Å². The van der Waals surface area contributed by atoms with Crippen LogP contribution in [0.15, 0.2) is 54.6 Å². The number of ether oxygens (including phenoxy) is 2. The number of rotatable bonds is 9. The summed E-state index contributed by atoms with van der Waals surface area (Å²) in [5.41, 5.74) is 1.84. The number of carbonyl (C=O) groups excluding carboxylic acids is 1. The van der Waals surface area contributed by atoms with E-state index in [4.69, 9.17) is 21.7 Å². The Labute approximate surface area is 165 Å². The number of hydrogen-bond acceptors (Lipinski definition) is 5. The zero-order valence-corrected chi connectivity index (χ0v) is 16.4. The number of nitrogens with one attached hydrogen (secondary N) is 2. The van der Waals surface area contributed by atoms with E-state index >= 15 is 0 Å². The van der Waals surface area contributed by atoms with Crippen molar-refractivity contribution in [2.75, 3.05) is 39.2 Å². The molecular weight excluding hydrogens is 362 g/mol. The van der Waals surface area contributed by atoms with Gasteiger partial charge < -0.3 is 20.1 Å². The third kappa shape index (κ3) is 8.17. The maximum Gasteiger partial charge on any atom is 0.240 e. The third-order valence-corrected chi connectivity index (χ3v) is 3.89. The molecule has 0 radical (unpaired) electrons. The van der Waals surface area contributed by atoms with Crippen molar-refractivity contribution >= 4 is 28.9 Å². The average Bonchev–Trinajstić information content (AvgIpc) is 2.65. The molecule has 0 saturated heterocycles. The molecule has 144 valence electrons. The lowest BCUT2D eigenvalue weighted by Gasteiger charge is -2.16. The van der Waals surface area contributed by atoms with Crippen LogP contribution in [0, 0.1) is 0 Å². The Morgan fingerprint density at radius 2 is 1.93 bits per heavy atom. The number of nitrogens with zero attached hydrogens (tertiary/aromatic N) is 1. The lowest BCUT2D eigenvalue weighted by Crippen LogP contribution is -2.41. The highest BCUT2D eigenvalue weighted by atomic mass is 32.1. The fourth-order valence-corrected chi connectivity index (χ4v) is 2.54. The molecule has 27 heavy (non-hydrogen) atoms. The maximum absolute atomic E-state index is 12.0. The van der Waals surface area contributed by atoms with E-state index < -0.39 is 0 Å². The Morgan fingerprint density at radius 1 is 1.15 bits per heavy atom. The highest BCUT2D eigenvalue weighted by molar-refractivity contribution is 7.80. The number of likely N-dealkylation sites (N-methyl/N-ethyl adjacent to an activating group) is 1. The summed E-state index contributed by atoms with van der Waals surface area (Å²) in [6.45, 7) is 1.97. The van der Waals surface area contributed by atoms with Crippen molar-refractivity contribution in [1.82, 2.24) is 10.2 Å². The van der Waals surface area contributed by atoms with Crippen molar-refractivity contribution in [3.8, 4) is 5.75 Å². The average molecular weight is 388 g/mol. The highest BCUT2D eigenvalue weighted by Crippen LogP contribution is 2.18. The van der Waals surface area contributed by atoms with Crippen LogP contribution in [0.1, 0.15) is 5.56 Å². The lowest BCUT2D eigenvalue weighted by atomic mass is 10.2. The molecule has 0 aliphatic rings. The second kappa shape index (κ2) is 11.3. The molecule has 0 saturated carbocycles. The van der Waals surface area contributed by atoms with Gasteiger partial charge >= 0.3 is 0 Å². The summed E-state index contributed by atoms with van der Waals surface area (Å²) in [5.74, 6) is 0.542. The monoisotopic (exact) mass is 387 g/mol. The lowest BCUT2D eigenvalue weighted by molar-refractivity contribution is -0.120. The van der Waals surface area contributed by atoms with Gasteiger partial charge in [0, 0.05) is 25.4 Å². The van der Waals surface area contributed by atoms with Gasteiger partial charge in [0.05, 0.1) is 13.2 Å². The van der Waals surface area contributed by atoms with Crippen LogP contribution in [0.4, 0.5) is 5.69 Å². The number of methoxy groups -OCH3 is 1. The molecule has 0 fully saturated rings. The summed E-state index contributed by atoms with van der Waals surface area (Å²) < 4.78 is 10.8. The van der Waals surface area contributed by atoms with E-state index in [1.807, 2.05) is 66.5 Å². The second-order valence-corrected chi connectivity index (χ2v) is 6.44. The van der Waals surface area contributed by atoms with Crippen LogP contribution in [0.2, 0.25) is 0 Å². The standard InChI is InChI=1S/C20H25N3O3S/c1-23(11-12-25-2)14-19(24)22-20(27)21-17-9-6-10-18(13-17)26-15-16-7-4-3-5-8-16/h3-10,13H,11-12,14-15H2,1-2H3,(H2,21,22,24,27). The first kappa shape index (κ1) is 20.8. The van der Waals surface area contributed by atoms with Gasteiger partial charge in [0.25, 0.3) is 0 Å². The molecule has 0 bridgehead atoms. The first-order valence-corrected chi connectivity index (χ1v) is 9.03. The molecule has 2 aromatic rings. The molecule has 0 aliphatic heterocycles. The van der Waals surface area contributed by atoms with Gasteiger partial charge in [0.15, 0.2) is 5.11 Å². The topological polar surface area (TPSA) is 62.8 Å². The van der Waals surface area contributed by atoms with E-state index in [0.29, 0.717) is 19.8 Å². The summed E-state index contributed by atoms with van der Waals surface area (Å²) in [7, 11) is 3.48. The number of anilines is 1. The van der Waals surface area contributed by atoms with Crippen molar-refractivity contribution in [2.45, 2.75) is 6.61 Å². The third-order valence-electron chi connectivity index (χ3n) is 3.68. The van der Waals surface area contributed by atoms with Gasteiger partial charge in [-0.25, -0.2) is 0 Å². The maximum atomic E-state index is 12.0. The molecule has 2 N–H and O–H groups in total. The number of benzene rings is 2. The van der Waals surface area contributed by atoms with E-state index in [9.17, 15) is 4.79 Å². The molecule has 0 heterocycles. The minimum absolute atomic E-state index is 0.178. The summed E-state index contributed by atoms with van der Waals surface area (Å²) in [5, 5.41) is 5.93. The van der Waals surface area contributed by atoms with Gasteiger partial charge in [-0.05, 0) is 37.0 Å². The van der Waals surface area contributed by atoms with Crippen LogP contribution in [0.3, 0.4) is 0 Å². The molecule has 1 amide bonds. The quantitative estimate of drug-likeness (QED) is 0.645. The van der Waals surface area contributed by atoms with Gasteiger partial charge in [-0.15, -0.1) is 0 Å². The van der Waals surface area contributed by atoms with Crippen LogP contribution in [-0.2, 0) is 16.1 Å². The van der Waals surface area contributed by atoms with E-state index in [-0.39, 0.29) is 17.6 Å². The Bertz CT molecular complexity index is 740. The van der Waals surface area contributed by atoms with Gasteiger partial charge in [0.1, 0.15) is 12.4 Å².